The van der Waals surface area contributed by atoms with Gasteiger partial charge in [-0.2, -0.15) is 0 Å². The Balaban J connectivity index is 2.41. The Kier molecular flexibility index (Phi) is 4.70. The van der Waals surface area contributed by atoms with Gasteiger partial charge in [-0.15, -0.1) is 0 Å². The molecule has 2 N–H and O–H groups in total. The molecular formula is C12H23N3O3. The van der Waals surface area contributed by atoms with Crippen molar-refractivity contribution in [1.82, 2.24) is 15.5 Å². The van der Waals surface area contributed by atoms with E-state index in [4.69, 9.17) is 4.74 Å². The average molecular weight is 257 g/mol. The molecule has 0 radical (unpaired) electrons. The van der Waals surface area contributed by atoms with Gasteiger partial charge >= 0.3 is 6.09 Å². The number of ether oxygens (including phenoxy) is 1. The fraction of sp³-hybridized carbons (Fsp3) is 0.833. The van der Waals surface area contributed by atoms with Crippen LogP contribution >= 0.6 is 0 Å². The van der Waals surface area contributed by atoms with Gasteiger partial charge in [0.25, 0.3) is 0 Å². The molecule has 1 rings (SSSR count). The number of alkyl carbamates (subject to hydrolysis) is 1. The van der Waals surface area contributed by atoms with Crippen LogP contribution in [-0.2, 0) is 9.53 Å². The molecule has 1 unspecified atom stereocenters. The first-order valence-corrected chi connectivity index (χ1v) is 6.12. The zero-order valence-electron chi connectivity index (χ0n) is 11.7. The Hall–Kier alpha value is -1.14. The van der Waals surface area contributed by atoms with Gasteiger partial charge in [0.2, 0.25) is 5.91 Å². The first kappa shape index (κ1) is 14.9. The number of carbonyl (C=O) groups excluding carboxylic acids is 2. The minimum Gasteiger partial charge on any atom is -0.444 e. The summed E-state index contributed by atoms with van der Waals surface area (Å²) in [4.78, 5) is 25.3. The van der Waals surface area contributed by atoms with Crippen molar-refractivity contribution in [1.29, 1.82) is 0 Å². The van der Waals surface area contributed by atoms with Gasteiger partial charge in [-0.1, -0.05) is 0 Å². The lowest BCUT2D eigenvalue weighted by Crippen LogP contribution is -2.45. The first-order chi connectivity index (χ1) is 8.19. The lowest BCUT2D eigenvalue weighted by atomic mass is 10.1. The van der Waals surface area contributed by atoms with Gasteiger partial charge in [-0.05, 0) is 41.3 Å². The van der Waals surface area contributed by atoms with Crippen molar-refractivity contribution < 1.29 is 14.3 Å². The van der Waals surface area contributed by atoms with Crippen molar-refractivity contribution in [2.24, 2.45) is 0 Å². The molecule has 18 heavy (non-hydrogen) atoms. The Morgan fingerprint density at radius 2 is 1.94 bits per heavy atom. The van der Waals surface area contributed by atoms with E-state index in [-0.39, 0.29) is 11.9 Å². The second-order valence-electron chi connectivity index (χ2n) is 5.81. The molecule has 0 aromatic carbocycles. The molecule has 0 aliphatic carbocycles. The minimum absolute atomic E-state index is 0.319. The highest BCUT2D eigenvalue weighted by Crippen LogP contribution is 2.11. The molecule has 1 fully saturated rings. The summed E-state index contributed by atoms with van der Waals surface area (Å²) in [7, 11) is 3.95. The second kappa shape index (κ2) is 5.67. The van der Waals surface area contributed by atoms with Crippen LogP contribution in [0.3, 0.4) is 0 Å². The highest BCUT2D eigenvalue weighted by Gasteiger charge is 2.31. The molecule has 1 aliphatic heterocycles. The van der Waals surface area contributed by atoms with E-state index in [0.29, 0.717) is 12.5 Å². The quantitative estimate of drug-likeness (QED) is 0.746. The van der Waals surface area contributed by atoms with E-state index in [9.17, 15) is 9.59 Å². The standard InChI is InChI=1S/C12H23N3O3/c1-12(2,3)18-11(17)14-10(16)9-6-8(7-13-9)15(4)5/h8-9,13H,6-7H2,1-5H3,(H,14,16,17)/t8?,9-/m0/s1. The molecular weight excluding hydrogens is 234 g/mol. The number of imide groups is 1. The molecule has 0 bridgehead atoms. The van der Waals surface area contributed by atoms with Crippen LogP contribution in [0, 0.1) is 0 Å². The predicted octanol–water partition coefficient (Wildman–Crippen LogP) is 0.330. The summed E-state index contributed by atoms with van der Waals surface area (Å²) in [6, 6.07) is -0.00990. The van der Waals surface area contributed by atoms with Gasteiger partial charge in [-0.3, -0.25) is 10.1 Å². The van der Waals surface area contributed by atoms with Crippen molar-refractivity contribution >= 4 is 12.0 Å². The maximum absolute atomic E-state index is 11.8. The summed E-state index contributed by atoms with van der Waals surface area (Å²) in [5.41, 5.74) is -0.598. The van der Waals surface area contributed by atoms with Gasteiger partial charge < -0.3 is 15.0 Å². The lowest BCUT2D eigenvalue weighted by Gasteiger charge is -2.20. The number of hydrogen-bond acceptors (Lipinski definition) is 5. The largest absolute Gasteiger partial charge is 0.444 e. The van der Waals surface area contributed by atoms with Gasteiger partial charge in [-0.25, -0.2) is 4.79 Å². The predicted molar refractivity (Wildman–Crippen MR) is 68.3 cm³/mol. The number of carbonyl (C=O) groups is 2. The number of amides is 2. The van der Waals surface area contributed by atoms with Crippen LogP contribution in [0.25, 0.3) is 0 Å². The second-order valence-corrected chi connectivity index (χ2v) is 5.81. The molecule has 104 valence electrons. The summed E-state index contributed by atoms with van der Waals surface area (Å²) >= 11 is 0. The van der Waals surface area contributed by atoms with E-state index in [1.54, 1.807) is 20.8 Å². The molecule has 1 aliphatic rings. The van der Waals surface area contributed by atoms with E-state index in [1.165, 1.54) is 0 Å². The number of likely N-dealkylation sites (N-methyl/N-ethyl adjacent to an activating group) is 1. The van der Waals surface area contributed by atoms with Gasteiger partial charge in [0.15, 0.2) is 0 Å². The van der Waals surface area contributed by atoms with E-state index < -0.39 is 11.7 Å². The van der Waals surface area contributed by atoms with Crippen molar-refractivity contribution in [2.75, 3.05) is 20.6 Å². The molecule has 0 saturated carbocycles. The van der Waals surface area contributed by atoms with Crippen molar-refractivity contribution in [3.8, 4) is 0 Å². The molecule has 2 atom stereocenters. The summed E-state index contributed by atoms with van der Waals surface area (Å²) in [6.07, 6.45) is 0.00403. The van der Waals surface area contributed by atoms with Gasteiger partial charge in [0.1, 0.15) is 5.60 Å². The summed E-state index contributed by atoms with van der Waals surface area (Å²) in [5, 5.41) is 5.35. The van der Waals surface area contributed by atoms with Crippen molar-refractivity contribution in [3.63, 3.8) is 0 Å². The summed E-state index contributed by atoms with van der Waals surface area (Å²) in [6.45, 7) is 6.02. The zero-order chi connectivity index (χ0) is 13.9. The molecule has 0 aromatic heterocycles. The molecule has 2 amide bonds. The van der Waals surface area contributed by atoms with Crippen LogP contribution in [0.2, 0.25) is 0 Å². The van der Waals surface area contributed by atoms with Crippen LogP contribution in [-0.4, -0.2) is 55.2 Å². The number of nitrogens with zero attached hydrogens (tertiary/aromatic N) is 1. The topological polar surface area (TPSA) is 70.7 Å². The van der Waals surface area contributed by atoms with Gasteiger partial charge in [0, 0.05) is 12.6 Å². The Labute approximate surface area is 108 Å². The van der Waals surface area contributed by atoms with E-state index in [0.717, 1.165) is 6.54 Å². The maximum Gasteiger partial charge on any atom is 0.414 e. The van der Waals surface area contributed by atoms with E-state index >= 15 is 0 Å². The summed E-state index contributed by atoms with van der Waals surface area (Å²) in [5.74, 6) is -0.325. The zero-order valence-corrected chi connectivity index (χ0v) is 11.7. The first-order valence-electron chi connectivity index (χ1n) is 6.12. The van der Waals surface area contributed by atoms with Gasteiger partial charge in [0.05, 0.1) is 6.04 Å². The minimum atomic E-state index is -0.692. The Morgan fingerprint density at radius 3 is 2.39 bits per heavy atom. The Bertz CT molecular complexity index is 323. The molecule has 6 nitrogen and oxygen atoms in total. The van der Waals surface area contributed by atoms with Crippen molar-refractivity contribution in [3.05, 3.63) is 0 Å². The average Bonchev–Trinajstić information content (AvgIpc) is 2.62. The van der Waals surface area contributed by atoms with E-state index in [2.05, 4.69) is 15.5 Å². The highest BCUT2D eigenvalue weighted by atomic mass is 16.6. The molecule has 6 heteroatoms. The third-order valence-electron chi connectivity index (χ3n) is 2.78. The molecule has 1 heterocycles. The van der Waals surface area contributed by atoms with Crippen LogP contribution in [0.1, 0.15) is 27.2 Å². The van der Waals surface area contributed by atoms with Crippen LogP contribution in [0.4, 0.5) is 4.79 Å². The van der Waals surface area contributed by atoms with Crippen LogP contribution < -0.4 is 10.6 Å². The third kappa shape index (κ3) is 4.62. The molecule has 0 spiro atoms. The van der Waals surface area contributed by atoms with Crippen LogP contribution in [0.15, 0.2) is 0 Å². The maximum atomic E-state index is 11.8. The fourth-order valence-electron chi connectivity index (χ4n) is 1.80. The summed E-state index contributed by atoms with van der Waals surface area (Å²) < 4.78 is 5.03. The lowest BCUT2D eigenvalue weighted by molar-refractivity contribution is -0.122. The normalized spacial score (nSPS) is 24.1. The number of hydrogen-bond donors (Lipinski definition) is 2. The van der Waals surface area contributed by atoms with Crippen LogP contribution in [0.5, 0.6) is 0 Å². The smallest absolute Gasteiger partial charge is 0.414 e. The van der Waals surface area contributed by atoms with E-state index in [1.807, 2.05) is 14.1 Å². The SMILES string of the molecule is CN(C)C1CN[C@H](C(=O)NC(=O)OC(C)(C)C)C1. The monoisotopic (exact) mass is 257 g/mol. The Morgan fingerprint density at radius 1 is 1.33 bits per heavy atom. The molecule has 0 aromatic rings. The molecule has 1 saturated heterocycles. The third-order valence-corrected chi connectivity index (χ3v) is 2.78. The fourth-order valence-corrected chi connectivity index (χ4v) is 1.80. The number of nitrogens with one attached hydrogen (secondary N) is 2. The van der Waals surface area contributed by atoms with Crippen molar-refractivity contribution in [2.45, 2.75) is 44.9 Å². The highest BCUT2D eigenvalue weighted by molar-refractivity contribution is 5.95. The number of rotatable bonds is 2.